The van der Waals surface area contributed by atoms with Crippen LogP contribution in [0.1, 0.15) is 12.8 Å². The van der Waals surface area contributed by atoms with Gasteiger partial charge in [-0.3, -0.25) is 4.79 Å². The molecule has 3 atom stereocenters. The highest BCUT2D eigenvalue weighted by Crippen LogP contribution is 2.43. The van der Waals surface area contributed by atoms with E-state index in [0.29, 0.717) is 33.9 Å². The molecule has 26 heavy (non-hydrogen) atoms. The van der Waals surface area contributed by atoms with Gasteiger partial charge in [-0.15, -0.1) is 0 Å². The van der Waals surface area contributed by atoms with E-state index >= 15 is 0 Å². The van der Waals surface area contributed by atoms with Crippen molar-refractivity contribution in [1.29, 1.82) is 0 Å². The molecule has 0 spiro atoms. The summed E-state index contributed by atoms with van der Waals surface area (Å²) in [5.41, 5.74) is 0.565. The van der Waals surface area contributed by atoms with Gasteiger partial charge in [0, 0.05) is 16.9 Å². The highest BCUT2D eigenvalue weighted by Gasteiger charge is 2.50. The Kier molecular flexibility index (Phi) is 4.98. The second kappa shape index (κ2) is 6.98. The zero-order valence-electron chi connectivity index (χ0n) is 13.6. The number of hydrogen-bond donors (Lipinski definition) is 0. The van der Waals surface area contributed by atoms with Crippen LogP contribution in [0.5, 0.6) is 0 Å². The first kappa shape index (κ1) is 18.6. The van der Waals surface area contributed by atoms with Crippen molar-refractivity contribution in [3.63, 3.8) is 0 Å². The largest absolute Gasteiger partial charge is 0.368 e. The first-order chi connectivity index (χ1) is 12.3. The van der Waals surface area contributed by atoms with Crippen LogP contribution in [0.2, 0.25) is 10.0 Å². The van der Waals surface area contributed by atoms with Gasteiger partial charge in [0.15, 0.2) is 15.0 Å². The Morgan fingerprint density at radius 3 is 2.85 bits per heavy atom. The fourth-order valence-electron chi connectivity index (χ4n) is 3.46. The second-order valence-electron chi connectivity index (χ2n) is 6.50. The number of amides is 1. The van der Waals surface area contributed by atoms with Crippen LogP contribution < -0.4 is 4.90 Å². The fourth-order valence-corrected chi connectivity index (χ4v) is 7.74. The first-order valence-electron chi connectivity index (χ1n) is 8.19. The Morgan fingerprint density at radius 2 is 2.12 bits per heavy atom. The molecular weight excluding hydrogens is 419 g/mol. The summed E-state index contributed by atoms with van der Waals surface area (Å²) in [5.74, 6) is -0.277. The summed E-state index contributed by atoms with van der Waals surface area (Å²) in [7, 11) is -3.14. The molecule has 0 N–H and O–H groups in total. The number of anilines is 1. The molecule has 3 heterocycles. The van der Waals surface area contributed by atoms with Gasteiger partial charge in [0.05, 0.1) is 28.3 Å². The van der Waals surface area contributed by atoms with Gasteiger partial charge in [-0.2, -0.15) is 4.99 Å². The van der Waals surface area contributed by atoms with Gasteiger partial charge in [-0.25, -0.2) is 8.42 Å². The van der Waals surface area contributed by atoms with Crippen molar-refractivity contribution >= 4 is 61.6 Å². The molecule has 0 saturated carbocycles. The van der Waals surface area contributed by atoms with E-state index in [-0.39, 0.29) is 28.7 Å². The lowest BCUT2D eigenvalue weighted by molar-refractivity contribution is -0.126. The third-order valence-corrected chi connectivity index (χ3v) is 8.41. The minimum atomic E-state index is -3.14. The van der Waals surface area contributed by atoms with E-state index < -0.39 is 15.9 Å². The number of halogens is 2. The van der Waals surface area contributed by atoms with E-state index in [1.807, 2.05) is 0 Å². The molecule has 1 amide bonds. The normalized spacial score (nSPS) is 31.5. The first-order valence-corrected chi connectivity index (χ1v) is 11.7. The quantitative estimate of drug-likeness (QED) is 0.711. The number of carbonyl (C=O) groups excluding carboxylic acids is 1. The van der Waals surface area contributed by atoms with Crippen LogP contribution in [-0.2, 0) is 19.4 Å². The molecule has 1 aromatic carbocycles. The molecule has 3 aliphatic heterocycles. The molecule has 0 radical (unpaired) electrons. The summed E-state index contributed by atoms with van der Waals surface area (Å²) < 4.78 is 29.6. The third-order valence-electron chi connectivity index (χ3n) is 4.65. The molecule has 3 saturated heterocycles. The molecule has 1 aromatic rings. The zero-order chi connectivity index (χ0) is 18.5. The van der Waals surface area contributed by atoms with Crippen LogP contribution >= 0.6 is 35.0 Å². The van der Waals surface area contributed by atoms with Crippen molar-refractivity contribution in [2.75, 3.05) is 23.0 Å². The van der Waals surface area contributed by atoms with Crippen molar-refractivity contribution in [1.82, 2.24) is 0 Å². The van der Waals surface area contributed by atoms with Crippen LogP contribution in [0.25, 0.3) is 0 Å². The summed E-state index contributed by atoms with van der Waals surface area (Å²) >= 11 is 13.8. The minimum Gasteiger partial charge on any atom is -0.368 e. The second-order valence-corrected chi connectivity index (χ2v) is 10.7. The van der Waals surface area contributed by atoms with Gasteiger partial charge < -0.3 is 9.64 Å². The number of carbonyl (C=O) groups is 1. The molecule has 3 fully saturated rings. The highest BCUT2D eigenvalue weighted by molar-refractivity contribution is 8.16. The van der Waals surface area contributed by atoms with E-state index in [0.717, 1.165) is 6.42 Å². The SMILES string of the molecule is O=C(N=C1S[C@H]2CS(=O)(=O)C[C@@H]2N1c1cc(Cl)ccc1Cl)[C@H]1CCCO1. The highest BCUT2D eigenvalue weighted by atomic mass is 35.5. The van der Waals surface area contributed by atoms with Gasteiger partial charge in [-0.05, 0) is 31.0 Å². The van der Waals surface area contributed by atoms with Crippen molar-refractivity contribution < 1.29 is 17.9 Å². The number of sulfone groups is 1. The molecule has 6 nitrogen and oxygen atoms in total. The van der Waals surface area contributed by atoms with E-state index in [1.165, 1.54) is 11.8 Å². The van der Waals surface area contributed by atoms with Crippen molar-refractivity contribution in [2.45, 2.75) is 30.2 Å². The van der Waals surface area contributed by atoms with E-state index in [9.17, 15) is 13.2 Å². The minimum absolute atomic E-state index is 0.000643. The Labute approximate surface area is 165 Å². The maximum atomic E-state index is 12.4. The Bertz CT molecular complexity index is 884. The number of fused-ring (bicyclic) bond motifs is 1. The number of hydrogen-bond acceptors (Lipinski definition) is 5. The molecule has 140 valence electrons. The molecule has 0 bridgehead atoms. The van der Waals surface area contributed by atoms with Crippen LogP contribution in [0.3, 0.4) is 0 Å². The molecule has 4 rings (SSSR count). The summed E-state index contributed by atoms with van der Waals surface area (Å²) in [6.45, 7) is 0.557. The van der Waals surface area contributed by atoms with Gasteiger partial charge in [0.1, 0.15) is 6.10 Å². The van der Waals surface area contributed by atoms with Crippen molar-refractivity contribution in [3.8, 4) is 0 Å². The standard InChI is InChI=1S/C16H16Cl2N2O4S2/c17-9-3-4-10(18)11(6-9)20-12-7-26(22,23)8-14(12)25-16(20)19-15(21)13-2-1-5-24-13/h3-4,6,12-14H,1-2,5,7-8H2/t12-,13+,14-/m0/s1. The van der Waals surface area contributed by atoms with E-state index in [4.69, 9.17) is 27.9 Å². The molecular formula is C16H16Cl2N2O4S2. The summed E-state index contributed by atoms with van der Waals surface area (Å²) in [5, 5.41) is 1.17. The molecule has 3 aliphatic rings. The molecule has 0 aliphatic carbocycles. The topological polar surface area (TPSA) is 76.0 Å². The molecule has 0 unspecified atom stereocenters. The van der Waals surface area contributed by atoms with Gasteiger partial charge >= 0.3 is 0 Å². The van der Waals surface area contributed by atoms with E-state index in [2.05, 4.69) is 4.99 Å². The number of nitrogens with zero attached hydrogens (tertiary/aromatic N) is 2. The third kappa shape index (κ3) is 3.49. The summed E-state index contributed by atoms with van der Waals surface area (Å²) in [6.07, 6.45) is 0.963. The summed E-state index contributed by atoms with van der Waals surface area (Å²) in [4.78, 5) is 18.5. The van der Waals surface area contributed by atoms with Crippen LogP contribution in [0, 0.1) is 0 Å². The van der Waals surface area contributed by atoms with E-state index in [1.54, 1.807) is 23.1 Å². The lowest BCUT2D eigenvalue weighted by atomic mass is 10.2. The molecule has 0 aromatic heterocycles. The Morgan fingerprint density at radius 1 is 1.31 bits per heavy atom. The van der Waals surface area contributed by atoms with Crippen LogP contribution in [0.15, 0.2) is 23.2 Å². The lowest BCUT2D eigenvalue weighted by Crippen LogP contribution is -2.38. The number of amidine groups is 1. The van der Waals surface area contributed by atoms with Gasteiger partial charge in [-0.1, -0.05) is 35.0 Å². The number of rotatable bonds is 2. The number of ether oxygens (including phenoxy) is 1. The smallest absolute Gasteiger partial charge is 0.277 e. The fraction of sp³-hybridized carbons (Fsp3) is 0.500. The average Bonchev–Trinajstić information content (AvgIpc) is 3.25. The van der Waals surface area contributed by atoms with Gasteiger partial charge in [0.2, 0.25) is 0 Å². The Hall–Kier alpha value is -0.800. The van der Waals surface area contributed by atoms with Gasteiger partial charge in [0.25, 0.3) is 5.91 Å². The predicted molar refractivity (Wildman–Crippen MR) is 104 cm³/mol. The Balaban J connectivity index is 1.73. The van der Waals surface area contributed by atoms with Crippen LogP contribution in [0.4, 0.5) is 5.69 Å². The van der Waals surface area contributed by atoms with Crippen LogP contribution in [-0.4, -0.2) is 55.0 Å². The maximum Gasteiger partial charge on any atom is 0.277 e. The zero-order valence-corrected chi connectivity index (χ0v) is 16.7. The maximum absolute atomic E-state index is 12.4. The number of aliphatic imine (C=N–C) groups is 1. The lowest BCUT2D eigenvalue weighted by Gasteiger charge is -2.25. The number of thioether (sulfide) groups is 1. The summed E-state index contributed by atoms with van der Waals surface area (Å²) in [6, 6.07) is 4.66. The molecule has 10 heteroatoms. The van der Waals surface area contributed by atoms with Crippen molar-refractivity contribution in [3.05, 3.63) is 28.2 Å². The monoisotopic (exact) mass is 434 g/mol. The van der Waals surface area contributed by atoms with Crippen molar-refractivity contribution in [2.24, 2.45) is 4.99 Å². The predicted octanol–water partition coefficient (Wildman–Crippen LogP) is 2.77. The average molecular weight is 435 g/mol. The number of benzene rings is 1.